The van der Waals surface area contributed by atoms with Gasteiger partial charge in [0.15, 0.2) is 6.54 Å². The maximum Gasteiger partial charge on any atom is 0.323 e. The number of hydrogen-bond acceptors (Lipinski definition) is 4. The Morgan fingerprint density at radius 2 is 2.21 bits per heavy atom. The molecule has 1 amide bonds. The van der Waals surface area contributed by atoms with E-state index in [9.17, 15) is 23.7 Å². The van der Waals surface area contributed by atoms with Gasteiger partial charge in [-0.3, -0.25) is 4.79 Å². The van der Waals surface area contributed by atoms with E-state index in [0.29, 0.717) is 6.92 Å². The number of alkyl halides is 2. The first-order valence-corrected chi connectivity index (χ1v) is 5.33. The zero-order chi connectivity index (χ0) is 14.6. The number of amides is 1. The molecule has 0 unspecified atom stereocenters. The molecule has 0 fully saturated rings. The van der Waals surface area contributed by atoms with Crippen molar-refractivity contribution < 1.29 is 23.6 Å². The van der Waals surface area contributed by atoms with Crippen LogP contribution in [-0.4, -0.2) is 33.0 Å². The summed E-state index contributed by atoms with van der Waals surface area (Å²) in [5, 5.41) is 21.7. The highest BCUT2D eigenvalue weighted by molar-refractivity contribution is 5.76. The van der Waals surface area contributed by atoms with Crippen molar-refractivity contribution >= 4 is 11.7 Å². The molecule has 0 bridgehead atoms. The molecule has 0 saturated heterocycles. The summed E-state index contributed by atoms with van der Waals surface area (Å²) >= 11 is 0. The van der Waals surface area contributed by atoms with E-state index in [0.717, 1.165) is 10.6 Å². The molecular formula is C10H13F2N3O4. The number of hydrogen-bond donors (Lipinski definition) is 2. The zero-order valence-corrected chi connectivity index (χ0v) is 10.1. The molecule has 1 aromatic rings. The Morgan fingerprint density at radius 1 is 1.58 bits per heavy atom. The van der Waals surface area contributed by atoms with Gasteiger partial charge in [0.25, 0.3) is 11.8 Å². The molecule has 1 aromatic heterocycles. The molecule has 0 aliphatic heterocycles. The summed E-state index contributed by atoms with van der Waals surface area (Å²) in [5.41, 5.74) is 0.158. The van der Waals surface area contributed by atoms with Crippen LogP contribution in [0.1, 0.15) is 12.6 Å². The number of carbonyl (C=O) groups is 1. The molecule has 7 nitrogen and oxygen atoms in total. The number of halogens is 2. The topological polar surface area (TPSA) is 97.4 Å². The van der Waals surface area contributed by atoms with E-state index in [4.69, 9.17) is 5.11 Å². The fourth-order valence-corrected chi connectivity index (χ4v) is 1.43. The molecular weight excluding hydrogens is 264 g/mol. The van der Waals surface area contributed by atoms with Crippen LogP contribution in [0.5, 0.6) is 0 Å². The minimum atomic E-state index is -3.06. The number of aromatic nitrogens is 1. The molecule has 1 heterocycles. The predicted octanol–water partition coefficient (Wildman–Crippen LogP) is 0.660. The molecule has 2 N–H and O–H groups in total. The van der Waals surface area contributed by atoms with Crippen LogP contribution in [0.15, 0.2) is 12.1 Å². The van der Waals surface area contributed by atoms with Crippen molar-refractivity contribution in [3.8, 4) is 0 Å². The van der Waals surface area contributed by atoms with E-state index >= 15 is 0 Å². The lowest BCUT2D eigenvalue weighted by molar-refractivity contribution is -0.392. The predicted molar refractivity (Wildman–Crippen MR) is 60.6 cm³/mol. The minimum Gasteiger partial charge on any atom is -0.388 e. The molecule has 0 aliphatic carbocycles. The lowest BCUT2D eigenvalue weighted by Crippen LogP contribution is -2.36. The van der Waals surface area contributed by atoms with Gasteiger partial charge in [-0.15, -0.1) is 0 Å². The lowest BCUT2D eigenvalue weighted by Gasteiger charge is -2.11. The van der Waals surface area contributed by atoms with Gasteiger partial charge in [-0.2, -0.15) is 0 Å². The van der Waals surface area contributed by atoms with Gasteiger partial charge in [0.1, 0.15) is 12.3 Å². The average Bonchev–Trinajstić information content (AvgIpc) is 2.68. The first kappa shape index (κ1) is 15.0. The van der Waals surface area contributed by atoms with Crippen LogP contribution in [0.25, 0.3) is 0 Å². The first-order valence-electron chi connectivity index (χ1n) is 5.33. The Hall–Kier alpha value is -2.03. The van der Waals surface area contributed by atoms with Gasteiger partial charge in [-0.1, -0.05) is 0 Å². The number of nitro groups is 1. The Balaban J connectivity index is 2.78. The van der Waals surface area contributed by atoms with E-state index in [1.807, 2.05) is 5.32 Å². The molecule has 0 atom stereocenters. The highest BCUT2D eigenvalue weighted by atomic mass is 19.3. The second-order valence-corrected chi connectivity index (χ2v) is 4.03. The average molecular weight is 277 g/mol. The van der Waals surface area contributed by atoms with E-state index in [1.165, 1.54) is 6.07 Å². The van der Waals surface area contributed by atoms with Crippen LogP contribution < -0.4 is 5.32 Å². The monoisotopic (exact) mass is 277 g/mol. The van der Waals surface area contributed by atoms with Gasteiger partial charge in [-0.05, 0) is 11.0 Å². The zero-order valence-electron chi connectivity index (χ0n) is 10.1. The largest absolute Gasteiger partial charge is 0.388 e. The molecule has 0 spiro atoms. The first-order chi connectivity index (χ1) is 8.74. The van der Waals surface area contributed by atoms with Crippen LogP contribution >= 0.6 is 0 Å². The van der Waals surface area contributed by atoms with E-state index in [-0.39, 0.29) is 11.5 Å². The number of carbonyl (C=O) groups excluding carboxylic acids is 1. The molecule has 106 valence electrons. The summed E-state index contributed by atoms with van der Waals surface area (Å²) < 4.78 is 26.1. The van der Waals surface area contributed by atoms with Gasteiger partial charge >= 0.3 is 5.82 Å². The minimum absolute atomic E-state index is 0.158. The summed E-state index contributed by atoms with van der Waals surface area (Å²) in [5.74, 6) is -4.24. The number of nitrogens with one attached hydrogen (secondary N) is 1. The van der Waals surface area contributed by atoms with Crippen molar-refractivity contribution in [3.63, 3.8) is 0 Å². The van der Waals surface area contributed by atoms with Gasteiger partial charge in [-0.25, -0.2) is 13.3 Å². The summed E-state index contributed by atoms with van der Waals surface area (Å²) in [6.45, 7) is -1.21. The third-order valence-electron chi connectivity index (χ3n) is 2.29. The van der Waals surface area contributed by atoms with Crippen LogP contribution in [0.4, 0.5) is 14.6 Å². The fourth-order valence-electron chi connectivity index (χ4n) is 1.43. The third-order valence-corrected chi connectivity index (χ3v) is 2.29. The summed E-state index contributed by atoms with van der Waals surface area (Å²) in [6.07, 6.45) is 0. The Kier molecular flexibility index (Phi) is 4.54. The Labute approximate surface area is 107 Å². The second kappa shape index (κ2) is 5.74. The Bertz CT molecular complexity index is 482. The number of rotatable bonds is 6. The van der Waals surface area contributed by atoms with Gasteiger partial charge in [0.2, 0.25) is 0 Å². The normalized spacial score (nSPS) is 11.4. The number of nitrogens with zero attached hydrogens (tertiary/aromatic N) is 2. The summed E-state index contributed by atoms with van der Waals surface area (Å²) in [4.78, 5) is 21.4. The number of aliphatic hydroxyl groups is 1. The van der Waals surface area contributed by atoms with E-state index in [1.54, 1.807) is 0 Å². The highest BCUT2D eigenvalue weighted by Crippen LogP contribution is 2.17. The Morgan fingerprint density at radius 3 is 2.68 bits per heavy atom. The quantitative estimate of drug-likeness (QED) is 0.589. The standard InChI is InChI=1S/C10H13F2N3O4/c1-10(11,12)6-13-8(17)4-14-7(5-16)2-3-9(14)15(18)19/h2-3,16H,4-6H2,1H3,(H,13,17). The SMILES string of the molecule is CC(F)(F)CNC(=O)Cn1c(CO)ccc1[N+](=O)[O-]. The molecule has 19 heavy (non-hydrogen) atoms. The van der Waals surface area contributed by atoms with E-state index < -0.39 is 36.4 Å². The molecule has 0 aromatic carbocycles. The van der Waals surface area contributed by atoms with Gasteiger partial charge in [0.05, 0.1) is 6.54 Å². The summed E-state index contributed by atoms with van der Waals surface area (Å²) in [6, 6.07) is 2.42. The maximum absolute atomic E-state index is 12.5. The van der Waals surface area contributed by atoms with Crippen LogP contribution in [0, 0.1) is 10.1 Å². The molecule has 0 saturated carbocycles. The van der Waals surface area contributed by atoms with Crippen molar-refractivity contribution in [2.24, 2.45) is 0 Å². The van der Waals surface area contributed by atoms with Crippen molar-refractivity contribution in [2.75, 3.05) is 6.54 Å². The van der Waals surface area contributed by atoms with Crippen LogP contribution in [0.2, 0.25) is 0 Å². The van der Waals surface area contributed by atoms with Crippen molar-refractivity contribution in [2.45, 2.75) is 26.0 Å². The molecule has 9 heteroatoms. The van der Waals surface area contributed by atoms with Crippen molar-refractivity contribution in [1.82, 2.24) is 9.88 Å². The fraction of sp³-hybridized carbons (Fsp3) is 0.500. The van der Waals surface area contributed by atoms with Crippen LogP contribution in [-0.2, 0) is 17.9 Å². The van der Waals surface area contributed by atoms with E-state index in [2.05, 4.69) is 0 Å². The maximum atomic E-state index is 12.5. The number of aliphatic hydroxyl groups excluding tert-OH is 1. The molecule has 1 rings (SSSR count). The van der Waals surface area contributed by atoms with Crippen LogP contribution in [0.3, 0.4) is 0 Å². The lowest BCUT2D eigenvalue weighted by atomic mass is 10.4. The van der Waals surface area contributed by atoms with Gasteiger partial charge < -0.3 is 20.5 Å². The second-order valence-electron chi connectivity index (χ2n) is 4.03. The highest BCUT2D eigenvalue weighted by Gasteiger charge is 2.24. The smallest absolute Gasteiger partial charge is 0.323 e. The molecule has 0 aliphatic rings. The van der Waals surface area contributed by atoms with Gasteiger partial charge in [0, 0.05) is 13.0 Å². The molecule has 0 radical (unpaired) electrons. The summed E-state index contributed by atoms with van der Waals surface area (Å²) in [7, 11) is 0. The third kappa shape index (κ3) is 4.28. The van der Waals surface area contributed by atoms with Crippen molar-refractivity contribution in [1.29, 1.82) is 0 Å². The van der Waals surface area contributed by atoms with Crippen molar-refractivity contribution in [3.05, 3.63) is 27.9 Å².